The number of carbonyl (C=O) groups excluding carboxylic acids is 1. The topological polar surface area (TPSA) is 56.0 Å². The summed E-state index contributed by atoms with van der Waals surface area (Å²) >= 11 is 1.92. The number of hydrogen-bond donors (Lipinski definition) is 1. The van der Waals surface area contributed by atoms with Crippen molar-refractivity contribution < 1.29 is 4.79 Å². The molecule has 3 nitrogen and oxygen atoms in total. The fourth-order valence-corrected chi connectivity index (χ4v) is 5.82. The van der Waals surface area contributed by atoms with Gasteiger partial charge < -0.3 is 5.73 Å². The fourth-order valence-electron chi connectivity index (χ4n) is 4.58. The standard InChI is InChI=1S/C24H26N2OS/c25-14-19-11-12-20(15-5-6-15)23(26-19)24(27)17-9-7-16(8-10-17)22-13-18-3-1-2-4-21(18)28-22/h1-4,11-13,15-17H,5-10,14,25H2. The molecule has 3 aromatic rings. The normalized spacial score (nSPS) is 22.5. The van der Waals surface area contributed by atoms with Crippen LogP contribution in [0.1, 0.15) is 77.0 Å². The van der Waals surface area contributed by atoms with E-state index in [1.807, 2.05) is 17.4 Å². The Labute approximate surface area is 170 Å². The van der Waals surface area contributed by atoms with Gasteiger partial charge in [-0.05, 0) is 79.5 Å². The average molecular weight is 391 g/mol. The lowest BCUT2D eigenvalue weighted by molar-refractivity contribution is 0.0877. The van der Waals surface area contributed by atoms with Gasteiger partial charge in [0.05, 0.1) is 5.69 Å². The Bertz CT molecular complexity index is 979. The lowest BCUT2D eigenvalue weighted by Gasteiger charge is -2.27. The van der Waals surface area contributed by atoms with E-state index in [1.54, 1.807) is 0 Å². The quantitative estimate of drug-likeness (QED) is 0.561. The molecule has 2 N–H and O–H groups in total. The van der Waals surface area contributed by atoms with E-state index < -0.39 is 0 Å². The number of fused-ring (bicyclic) bond motifs is 1. The summed E-state index contributed by atoms with van der Waals surface area (Å²) in [5, 5.41) is 1.34. The lowest BCUT2D eigenvalue weighted by Crippen LogP contribution is -2.23. The van der Waals surface area contributed by atoms with Crippen LogP contribution in [0.2, 0.25) is 0 Å². The first kappa shape index (κ1) is 18.0. The number of rotatable bonds is 5. The van der Waals surface area contributed by atoms with Gasteiger partial charge in [0.2, 0.25) is 0 Å². The molecule has 0 amide bonds. The molecular formula is C24H26N2OS. The monoisotopic (exact) mass is 390 g/mol. The summed E-state index contributed by atoms with van der Waals surface area (Å²) in [6.45, 7) is 0.393. The molecule has 1 aromatic carbocycles. The van der Waals surface area contributed by atoms with Crippen LogP contribution in [-0.2, 0) is 6.54 Å². The number of pyridine rings is 1. The summed E-state index contributed by atoms with van der Waals surface area (Å²) in [7, 11) is 0. The highest BCUT2D eigenvalue weighted by molar-refractivity contribution is 7.19. The van der Waals surface area contributed by atoms with Crippen molar-refractivity contribution in [3.05, 3.63) is 64.3 Å². The van der Waals surface area contributed by atoms with Crippen molar-refractivity contribution in [3.8, 4) is 0 Å². The highest BCUT2D eigenvalue weighted by atomic mass is 32.1. The molecule has 2 heterocycles. The molecule has 0 bridgehead atoms. The van der Waals surface area contributed by atoms with Gasteiger partial charge in [-0.2, -0.15) is 0 Å². The number of ketones is 1. The molecule has 0 aliphatic heterocycles. The average Bonchev–Trinajstić information content (AvgIpc) is 3.50. The van der Waals surface area contributed by atoms with E-state index in [-0.39, 0.29) is 11.7 Å². The zero-order chi connectivity index (χ0) is 19.1. The largest absolute Gasteiger partial charge is 0.325 e. The third-order valence-corrected chi connectivity index (χ3v) is 7.67. The number of benzene rings is 1. The third-order valence-electron chi connectivity index (χ3n) is 6.39. The van der Waals surface area contributed by atoms with E-state index in [4.69, 9.17) is 5.73 Å². The first-order chi connectivity index (χ1) is 13.7. The van der Waals surface area contributed by atoms with E-state index in [0.717, 1.165) is 42.6 Å². The molecule has 2 aliphatic carbocycles. The van der Waals surface area contributed by atoms with Crippen LogP contribution in [0, 0.1) is 5.92 Å². The fraction of sp³-hybridized carbons (Fsp3) is 0.417. The van der Waals surface area contributed by atoms with Crippen LogP contribution in [0.4, 0.5) is 0 Å². The van der Waals surface area contributed by atoms with Crippen molar-refractivity contribution in [2.75, 3.05) is 0 Å². The summed E-state index contributed by atoms with van der Waals surface area (Å²) in [5.41, 5.74) is 8.49. The first-order valence-corrected chi connectivity index (χ1v) is 11.3. The molecule has 28 heavy (non-hydrogen) atoms. The van der Waals surface area contributed by atoms with Gasteiger partial charge in [-0.25, -0.2) is 4.98 Å². The second kappa shape index (κ2) is 7.41. The second-order valence-electron chi connectivity index (χ2n) is 8.32. The van der Waals surface area contributed by atoms with Crippen LogP contribution in [0.15, 0.2) is 42.5 Å². The molecule has 0 radical (unpaired) electrons. The lowest BCUT2D eigenvalue weighted by atomic mass is 9.78. The van der Waals surface area contributed by atoms with Gasteiger partial charge in [-0.1, -0.05) is 24.3 Å². The van der Waals surface area contributed by atoms with Crippen molar-refractivity contribution in [1.82, 2.24) is 4.98 Å². The van der Waals surface area contributed by atoms with Gasteiger partial charge in [0, 0.05) is 22.0 Å². The molecule has 5 rings (SSSR count). The number of nitrogens with two attached hydrogens (primary N) is 1. The maximum Gasteiger partial charge on any atom is 0.184 e. The molecule has 4 heteroatoms. The van der Waals surface area contributed by atoms with E-state index in [0.29, 0.717) is 18.4 Å². The van der Waals surface area contributed by atoms with E-state index in [2.05, 4.69) is 41.4 Å². The molecule has 0 spiro atoms. The number of thiophene rings is 1. The van der Waals surface area contributed by atoms with Crippen LogP contribution < -0.4 is 5.73 Å². The Hall–Kier alpha value is -2.04. The van der Waals surface area contributed by atoms with Gasteiger partial charge in [0.25, 0.3) is 0 Å². The molecule has 0 saturated heterocycles. The minimum Gasteiger partial charge on any atom is -0.325 e. The molecule has 2 fully saturated rings. The first-order valence-electron chi connectivity index (χ1n) is 10.5. The van der Waals surface area contributed by atoms with Crippen LogP contribution in [0.25, 0.3) is 10.1 Å². The summed E-state index contributed by atoms with van der Waals surface area (Å²) < 4.78 is 1.37. The van der Waals surface area contributed by atoms with Crippen molar-refractivity contribution in [3.63, 3.8) is 0 Å². The molecule has 0 atom stereocenters. The van der Waals surface area contributed by atoms with E-state index in [1.165, 1.54) is 27.8 Å². The zero-order valence-electron chi connectivity index (χ0n) is 16.1. The number of nitrogens with zero attached hydrogens (tertiary/aromatic N) is 1. The van der Waals surface area contributed by atoms with Gasteiger partial charge in [0.15, 0.2) is 5.78 Å². The minimum atomic E-state index is 0.114. The van der Waals surface area contributed by atoms with E-state index in [9.17, 15) is 4.79 Å². The maximum atomic E-state index is 13.3. The van der Waals surface area contributed by atoms with Gasteiger partial charge in [0.1, 0.15) is 5.69 Å². The van der Waals surface area contributed by atoms with Crippen LogP contribution >= 0.6 is 11.3 Å². The zero-order valence-corrected chi connectivity index (χ0v) is 16.9. The smallest absolute Gasteiger partial charge is 0.184 e. The number of aromatic nitrogens is 1. The minimum absolute atomic E-state index is 0.114. The Kier molecular flexibility index (Phi) is 4.77. The number of hydrogen-bond acceptors (Lipinski definition) is 4. The highest BCUT2D eigenvalue weighted by Gasteiger charge is 2.34. The molecule has 0 unspecified atom stereocenters. The molecule has 2 aromatic heterocycles. The van der Waals surface area contributed by atoms with Gasteiger partial charge in [-0.15, -0.1) is 11.3 Å². The van der Waals surface area contributed by atoms with Gasteiger partial charge in [-0.3, -0.25) is 4.79 Å². The Morgan fingerprint density at radius 2 is 1.75 bits per heavy atom. The van der Waals surface area contributed by atoms with Crippen LogP contribution in [0.3, 0.4) is 0 Å². The van der Waals surface area contributed by atoms with Crippen LogP contribution in [-0.4, -0.2) is 10.8 Å². The number of Topliss-reactive ketones (excluding diaryl/α,β-unsaturated/α-hetero) is 1. The predicted octanol–water partition coefficient (Wildman–Crippen LogP) is 5.79. The van der Waals surface area contributed by atoms with Crippen molar-refractivity contribution >= 4 is 27.2 Å². The SMILES string of the molecule is NCc1ccc(C2CC2)c(C(=O)C2CCC(c3cc4ccccc4s3)CC2)n1. The summed E-state index contributed by atoms with van der Waals surface area (Å²) in [6.07, 6.45) is 6.50. The molecule has 2 aliphatic rings. The Morgan fingerprint density at radius 1 is 1.00 bits per heavy atom. The number of carbonyl (C=O) groups is 1. The Morgan fingerprint density at radius 3 is 2.46 bits per heavy atom. The van der Waals surface area contributed by atoms with Crippen molar-refractivity contribution in [2.45, 2.75) is 56.9 Å². The summed E-state index contributed by atoms with van der Waals surface area (Å²) in [6, 6.07) is 15.1. The molecular weight excluding hydrogens is 364 g/mol. The maximum absolute atomic E-state index is 13.3. The Balaban J connectivity index is 1.32. The molecule has 2 saturated carbocycles. The highest BCUT2D eigenvalue weighted by Crippen LogP contribution is 2.44. The predicted molar refractivity (Wildman–Crippen MR) is 115 cm³/mol. The second-order valence-corrected chi connectivity index (χ2v) is 9.43. The van der Waals surface area contributed by atoms with Gasteiger partial charge >= 0.3 is 0 Å². The van der Waals surface area contributed by atoms with Crippen molar-refractivity contribution in [2.24, 2.45) is 11.7 Å². The summed E-state index contributed by atoms with van der Waals surface area (Å²) in [5.74, 6) is 1.50. The van der Waals surface area contributed by atoms with Crippen LogP contribution in [0.5, 0.6) is 0 Å². The van der Waals surface area contributed by atoms with E-state index >= 15 is 0 Å². The van der Waals surface area contributed by atoms with Crippen molar-refractivity contribution in [1.29, 1.82) is 0 Å². The third kappa shape index (κ3) is 3.40. The molecule has 144 valence electrons. The summed E-state index contributed by atoms with van der Waals surface area (Å²) in [4.78, 5) is 19.4.